The molecule has 0 bridgehead atoms. The maximum absolute atomic E-state index is 9.89. The SMILES string of the molecule is Cc1c(Cl)ncnc1NCC1(O)CCC1. The van der Waals surface area contributed by atoms with E-state index in [1.54, 1.807) is 0 Å². The van der Waals surface area contributed by atoms with Crippen molar-refractivity contribution in [1.29, 1.82) is 0 Å². The lowest BCUT2D eigenvalue weighted by Crippen LogP contribution is -2.43. The van der Waals surface area contributed by atoms with Crippen molar-refractivity contribution in [1.82, 2.24) is 9.97 Å². The Morgan fingerprint density at radius 1 is 1.53 bits per heavy atom. The Hall–Kier alpha value is -0.870. The second kappa shape index (κ2) is 3.94. The fourth-order valence-electron chi connectivity index (χ4n) is 1.62. The van der Waals surface area contributed by atoms with Gasteiger partial charge in [-0.3, -0.25) is 0 Å². The summed E-state index contributed by atoms with van der Waals surface area (Å²) in [4.78, 5) is 7.95. The minimum atomic E-state index is -0.552. The van der Waals surface area contributed by atoms with Gasteiger partial charge in [0.25, 0.3) is 0 Å². The normalized spacial score (nSPS) is 18.3. The maximum atomic E-state index is 9.89. The number of aromatic nitrogens is 2. The first-order chi connectivity index (χ1) is 7.11. The molecule has 5 heteroatoms. The zero-order valence-corrected chi connectivity index (χ0v) is 9.38. The number of nitrogens with one attached hydrogen (secondary N) is 1. The summed E-state index contributed by atoms with van der Waals surface area (Å²) < 4.78 is 0. The van der Waals surface area contributed by atoms with Crippen molar-refractivity contribution in [2.75, 3.05) is 11.9 Å². The molecule has 1 aliphatic rings. The molecular formula is C10H14ClN3O. The molecule has 1 aliphatic carbocycles. The molecule has 1 saturated carbocycles. The fraction of sp³-hybridized carbons (Fsp3) is 0.600. The highest BCUT2D eigenvalue weighted by molar-refractivity contribution is 6.30. The second-order valence-corrected chi connectivity index (χ2v) is 4.43. The standard InChI is InChI=1S/C10H14ClN3O/c1-7-8(11)13-6-14-9(7)12-5-10(15)3-2-4-10/h6,15H,2-5H2,1H3,(H,12,13,14). The van der Waals surface area contributed by atoms with E-state index >= 15 is 0 Å². The van der Waals surface area contributed by atoms with Gasteiger partial charge in [0.1, 0.15) is 17.3 Å². The first-order valence-electron chi connectivity index (χ1n) is 5.04. The van der Waals surface area contributed by atoms with Crippen LogP contribution in [0.1, 0.15) is 24.8 Å². The van der Waals surface area contributed by atoms with Crippen LogP contribution in [0.5, 0.6) is 0 Å². The van der Waals surface area contributed by atoms with Crippen LogP contribution in [0.25, 0.3) is 0 Å². The van der Waals surface area contributed by atoms with Gasteiger partial charge in [-0.1, -0.05) is 11.6 Å². The Bertz CT molecular complexity index is 366. The van der Waals surface area contributed by atoms with Gasteiger partial charge in [0.2, 0.25) is 0 Å². The Balaban J connectivity index is 2.01. The monoisotopic (exact) mass is 227 g/mol. The van der Waals surface area contributed by atoms with Crippen LogP contribution in [0.2, 0.25) is 5.15 Å². The maximum Gasteiger partial charge on any atom is 0.137 e. The number of halogens is 1. The van der Waals surface area contributed by atoms with Gasteiger partial charge in [-0.25, -0.2) is 9.97 Å². The van der Waals surface area contributed by atoms with E-state index in [1.165, 1.54) is 6.33 Å². The van der Waals surface area contributed by atoms with Crippen molar-refractivity contribution in [3.63, 3.8) is 0 Å². The molecule has 15 heavy (non-hydrogen) atoms. The molecule has 2 rings (SSSR count). The second-order valence-electron chi connectivity index (χ2n) is 4.07. The lowest BCUT2D eigenvalue weighted by molar-refractivity contribution is -0.0202. The highest BCUT2D eigenvalue weighted by Crippen LogP contribution is 2.31. The highest BCUT2D eigenvalue weighted by Gasteiger charge is 2.34. The van der Waals surface area contributed by atoms with E-state index in [2.05, 4.69) is 15.3 Å². The molecular weight excluding hydrogens is 214 g/mol. The average Bonchev–Trinajstić information content (AvgIpc) is 2.17. The van der Waals surface area contributed by atoms with E-state index in [0.717, 1.165) is 24.8 Å². The molecule has 0 radical (unpaired) electrons. The Morgan fingerprint density at radius 3 is 2.87 bits per heavy atom. The van der Waals surface area contributed by atoms with Crippen molar-refractivity contribution in [3.05, 3.63) is 17.0 Å². The molecule has 0 unspecified atom stereocenters. The summed E-state index contributed by atoms with van der Waals surface area (Å²) in [5.74, 6) is 0.704. The van der Waals surface area contributed by atoms with Crippen molar-refractivity contribution in [2.45, 2.75) is 31.8 Å². The summed E-state index contributed by atoms with van der Waals surface area (Å²) >= 11 is 5.86. The molecule has 0 saturated heterocycles. The van der Waals surface area contributed by atoms with Gasteiger partial charge < -0.3 is 10.4 Å². The summed E-state index contributed by atoms with van der Waals surface area (Å²) in [6, 6.07) is 0. The summed E-state index contributed by atoms with van der Waals surface area (Å²) in [5, 5.41) is 13.5. The zero-order valence-electron chi connectivity index (χ0n) is 8.63. The molecule has 82 valence electrons. The smallest absolute Gasteiger partial charge is 0.137 e. The fourth-order valence-corrected chi connectivity index (χ4v) is 1.75. The van der Waals surface area contributed by atoms with Crippen molar-refractivity contribution in [2.24, 2.45) is 0 Å². The van der Waals surface area contributed by atoms with E-state index in [4.69, 9.17) is 11.6 Å². The lowest BCUT2D eigenvalue weighted by Gasteiger charge is -2.36. The summed E-state index contributed by atoms with van der Waals surface area (Å²) in [5.41, 5.74) is 0.270. The predicted molar refractivity (Wildman–Crippen MR) is 59.1 cm³/mol. The Kier molecular flexibility index (Phi) is 2.80. The minimum Gasteiger partial charge on any atom is -0.388 e. The van der Waals surface area contributed by atoms with Gasteiger partial charge in [0.05, 0.1) is 5.60 Å². The van der Waals surface area contributed by atoms with Crippen LogP contribution in [0.15, 0.2) is 6.33 Å². The van der Waals surface area contributed by atoms with E-state index in [9.17, 15) is 5.11 Å². The topological polar surface area (TPSA) is 58.0 Å². The van der Waals surface area contributed by atoms with Crippen molar-refractivity contribution >= 4 is 17.4 Å². The van der Waals surface area contributed by atoms with Gasteiger partial charge >= 0.3 is 0 Å². The lowest BCUT2D eigenvalue weighted by atomic mass is 9.80. The van der Waals surface area contributed by atoms with E-state index in [1.807, 2.05) is 6.92 Å². The molecule has 1 heterocycles. The van der Waals surface area contributed by atoms with Crippen LogP contribution in [0.3, 0.4) is 0 Å². The molecule has 0 amide bonds. The molecule has 1 aromatic rings. The van der Waals surface area contributed by atoms with E-state index in [0.29, 0.717) is 17.5 Å². The summed E-state index contributed by atoms with van der Waals surface area (Å²) in [7, 11) is 0. The number of anilines is 1. The Labute approximate surface area is 93.7 Å². The number of nitrogens with zero attached hydrogens (tertiary/aromatic N) is 2. The molecule has 1 aromatic heterocycles. The third-order valence-corrected chi connectivity index (χ3v) is 3.27. The van der Waals surface area contributed by atoms with Crippen LogP contribution in [0, 0.1) is 6.92 Å². The van der Waals surface area contributed by atoms with Crippen LogP contribution in [-0.2, 0) is 0 Å². The summed E-state index contributed by atoms with van der Waals surface area (Å²) in [6.45, 7) is 2.39. The molecule has 0 aromatic carbocycles. The van der Waals surface area contributed by atoms with Crippen LogP contribution >= 0.6 is 11.6 Å². The molecule has 0 aliphatic heterocycles. The predicted octanol–water partition coefficient (Wildman–Crippen LogP) is 1.77. The first-order valence-corrected chi connectivity index (χ1v) is 5.42. The quantitative estimate of drug-likeness (QED) is 0.773. The zero-order chi connectivity index (χ0) is 10.9. The van der Waals surface area contributed by atoms with E-state index < -0.39 is 5.60 Å². The van der Waals surface area contributed by atoms with Crippen LogP contribution in [0.4, 0.5) is 5.82 Å². The molecule has 4 nitrogen and oxygen atoms in total. The number of hydrogen-bond acceptors (Lipinski definition) is 4. The highest BCUT2D eigenvalue weighted by atomic mass is 35.5. The molecule has 0 atom stereocenters. The van der Waals surface area contributed by atoms with Crippen LogP contribution in [-0.4, -0.2) is 27.2 Å². The number of aliphatic hydroxyl groups is 1. The third-order valence-electron chi connectivity index (χ3n) is 2.89. The molecule has 1 fully saturated rings. The average molecular weight is 228 g/mol. The molecule has 0 spiro atoms. The molecule has 2 N–H and O–H groups in total. The van der Waals surface area contributed by atoms with Gasteiger partial charge in [-0.15, -0.1) is 0 Å². The number of rotatable bonds is 3. The number of hydrogen-bond donors (Lipinski definition) is 2. The first kappa shape index (κ1) is 10.6. The van der Waals surface area contributed by atoms with Gasteiger partial charge in [0.15, 0.2) is 0 Å². The van der Waals surface area contributed by atoms with Crippen molar-refractivity contribution in [3.8, 4) is 0 Å². The van der Waals surface area contributed by atoms with E-state index in [-0.39, 0.29) is 0 Å². The minimum absolute atomic E-state index is 0.452. The Morgan fingerprint density at radius 2 is 2.27 bits per heavy atom. The third kappa shape index (κ3) is 2.21. The van der Waals surface area contributed by atoms with Gasteiger partial charge in [-0.2, -0.15) is 0 Å². The van der Waals surface area contributed by atoms with Gasteiger partial charge in [0, 0.05) is 12.1 Å². The van der Waals surface area contributed by atoms with Gasteiger partial charge in [-0.05, 0) is 26.2 Å². The van der Waals surface area contributed by atoms with Crippen LogP contribution < -0.4 is 5.32 Å². The largest absolute Gasteiger partial charge is 0.388 e. The summed E-state index contributed by atoms with van der Waals surface area (Å²) in [6.07, 6.45) is 4.24. The van der Waals surface area contributed by atoms with Crippen molar-refractivity contribution < 1.29 is 5.11 Å².